The number of halogens is 3. The SMILES string of the molecule is CCCOc1ccc(CNC(=O)C2(CN)CCOCC2)c(OC(F)F)c1.Cl. The zero-order valence-electron chi connectivity index (χ0n) is 15.3. The number of hydrogen-bond donors (Lipinski definition) is 2. The highest BCUT2D eigenvalue weighted by molar-refractivity contribution is 5.85. The van der Waals surface area contributed by atoms with Crippen molar-refractivity contribution in [1.29, 1.82) is 0 Å². The lowest BCUT2D eigenvalue weighted by molar-refractivity contribution is -0.136. The third-order valence-corrected chi connectivity index (χ3v) is 4.49. The minimum Gasteiger partial charge on any atom is -0.493 e. The van der Waals surface area contributed by atoms with E-state index in [1.807, 2.05) is 6.92 Å². The molecule has 9 heteroatoms. The summed E-state index contributed by atoms with van der Waals surface area (Å²) in [5.74, 6) is 0.237. The van der Waals surface area contributed by atoms with Crippen molar-refractivity contribution in [1.82, 2.24) is 5.32 Å². The van der Waals surface area contributed by atoms with Gasteiger partial charge in [-0.1, -0.05) is 6.92 Å². The van der Waals surface area contributed by atoms with E-state index in [1.165, 1.54) is 6.07 Å². The molecule has 1 aliphatic rings. The number of carbonyl (C=O) groups excluding carboxylic acids is 1. The topological polar surface area (TPSA) is 82.8 Å². The van der Waals surface area contributed by atoms with E-state index < -0.39 is 12.0 Å². The second-order valence-electron chi connectivity index (χ2n) is 6.28. The molecule has 0 bridgehead atoms. The maximum atomic E-state index is 12.7. The number of alkyl halides is 2. The average Bonchev–Trinajstić information content (AvgIpc) is 2.65. The van der Waals surface area contributed by atoms with Gasteiger partial charge in [0.05, 0.1) is 12.0 Å². The Morgan fingerprint density at radius 3 is 2.67 bits per heavy atom. The number of nitrogens with one attached hydrogen (secondary N) is 1. The molecule has 2 rings (SSSR count). The predicted octanol–water partition coefficient (Wildman–Crippen LogP) is 2.87. The van der Waals surface area contributed by atoms with Crippen LogP contribution >= 0.6 is 12.4 Å². The van der Waals surface area contributed by atoms with Crippen molar-refractivity contribution >= 4 is 18.3 Å². The highest BCUT2D eigenvalue weighted by Gasteiger charge is 2.38. The average molecular weight is 409 g/mol. The maximum Gasteiger partial charge on any atom is 0.387 e. The first-order chi connectivity index (χ1) is 12.5. The first-order valence-electron chi connectivity index (χ1n) is 8.77. The van der Waals surface area contributed by atoms with Crippen LogP contribution in [0.4, 0.5) is 8.78 Å². The number of hydrogen-bond acceptors (Lipinski definition) is 5. The van der Waals surface area contributed by atoms with Crippen LogP contribution in [0.15, 0.2) is 18.2 Å². The molecule has 1 heterocycles. The molecule has 27 heavy (non-hydrogen) atoms. The van der Waals surface area contributed by atoms with Crippen molar-refractivity contribution in [3.05, 3.63) is 23.8 Å². The predicted molar refractivity (Wildman–Crippen MR) is 99.5 cm³/mol. The second-order valence-corrected chi connectivity index (χ2v) is 6.28. The normalized spacial score (nSPS) is 15.7. The molecule has 0 unspecified atom stereocenters. The molecule has 1 fully saturated rings. The summed E-state index contributed by atoms with van der Waals surface area (Å²) in [5, 5.41) is 2.80. The molecule has 1 aromatic rings. The van der Waals surface area contributed by atoms with Crippen LogP contribution in [0.3, 0.4) is 0 Å². The van der Waals surface area contributed by atoms with Gasteiger partial charge in [-0.05, 0) is 31.4 Å². The summed E-state index contributed by atoms with van der Waals surface area (Å²) in [5.41, 5.74) is 5.59. The summed E-state index contributed by atoms with van der Waals surface area (Å²) >= 11 is 0. The molecule has 3 N–H and O–H groups in total. The minimum atomic E-state index is -2.96. The Kier molecular flexibility index (Phi) is 9.76. The summed E-state index contributed by atoms with van der Waals surface area (Å²) < 4.78 is 40.7. The van der Waals surface area contributed by atoms with Crippen molar-refractivity contribution in [2.45, 2.75) is 39.3 Å². The van der Waals surface area contributed by atoms with Gasteiger partial charge in [0.2, 0.25) is 5.91 Å². The molecule has 154 valence electrons. The number of carbonyl (C=O) groups is 1. The van der Waals surface area contributed by atoms with Gasteiger partial charge >= 0.3 is 6.61 Å². The molecule has 0 saturated carbocycles. The summed E-state index contributed by atoms with van der Waals surface area (Å²) in [7, 11) is 0. The number of nitrogens with two attached hydrogens (primary N) is 1. The molecule has 6 nitrogen and oxygen atoms in total. The molecule has 1 aromatic carbocycles. The van der Waals surface area contributed by atoms with E-state index in [9.17, 15) is 13.6 Å². The number of ether oxygens (including phenoxy) is 3. The smallest absolute Gasteiger partial charge is 0.387 e. The van der Waals surface area contributed by atoms with E-state index in [1.54, 1.807) is 12.1 Å². The van der Waals surface area contributed by atoms with E-state index in [0.717, 1.165) is 6.42 Å². The lowest BCUT2D eigenvalue weighted by Crippen LogP contribution is -2.49. The zero-order valence-corrected chi connectivity index (χ0v) is 16.2. The van der Waals surface area contributed by atoms with Gasteiger partial charge in [0.25, 0.3) is 0 Å². The van der Waals surface area contributed by atoms with E-state index in [-0.39, 0.29) is 37.2 Å². The molecular weight excluding hydrogens is 382 g/mol. The summed E-state index contributed by atoms with van der Waals surface area (Å²) in [6.45, 7) is 0.706. The van der Waals surface area contributed by atoms with Crippen LogP contribution < -0.4 is 20.5 Å². The molecule has 0 spiro atoms. The van der Waals surface area contributed by atoms with Gasteiger partial charge in [-0.2, -0.15) is 8.78 Å². The molecular formula is C18H27ClF2N2O4. The van der Waals surface area contributed by atoms with Crippen LogP contribution in [-0.4, -0.2) is 38.9 Å². The fraction of sp³-hybridized carbons (Fsp3) is 0.611. The van der Waals surface area contributed by atoms with Crippen LogP contribution in [0.1, 0.15) is 31.7 Å². The van der Waals surface area contributed by atoms with Crippen molar-refractivity contribution in [3.8, 4) is 11.5 Å². The van der Waals surface area contributed by atoms with Crippen LogP contribution in [0, 0.1) is 5.41 Å². The minimum absolute atomic E-state index is 0. The van der Waals surface area contributed by atoms with Crippen LogP contribution in [0.2, 0.25) is 0 Å². The van der Waals surface area contributed by atoms with Crippen LogP contribution in [0.5, 0.6) is 11.5 Å². The maximum absolute atomic E-state index is 12.7. The van der Waals surface area contributed by atoms with Gasteiger partial charge in [0, 0.05) is 37.9 Å². The Morgan fingerprint density at radius 2 is 2.07 bits per heavy atom. The fourth-order valence-electron chi connectivity index (χ4n) is 2.85. The Labute approximate surface area is 164 Å². The lowest BCUT2D eigenvalue weighted by Gasteiger charge is -2.34. The Morgan fingerprint density at radius 1 is 1.37 bits per heavy atom. The Hall–Kier alpha value is -1.64. The van der Waals surface area contributed by atoms with Gasteiger partial charge in [0.15, 0.2) is 0 Å². The number of rotatable bonds is 9. The van der Waals surface area contributed by atoms with Crippen molar-refractivity contribution in [2.75, 3.05) is 26.4 Å². The van der Waals surface area contributed by atoms with Gasteiger partial charge in [-0.25, -0.2) is 0 Å². The van der Waals surface area contributed by atoms with Gasteiger partial charge < -0.3 is 25.3 Å². The van der Waals surface area contributed by atoms with E-state index in [4.69, 9.17) is 15.2 Å². The summed E-state index contributed by atoms with van der Waals surface area (Å²) in [6, 6.07) is 4.70. The van der Waals surface area contributed by atoms with E-state index >= 15 is 0 Å². The summed E-state index contributed by atoms with van der Waals surface area (Å²) in [6.07, 6.45) is 1.88. The van der Waals surface area contributed by atoms with Crippen molar-refractivity contribution < 1.29 is 27.8 Å². The van der Waals surface area contributed by atoms with Crippen molar-refractivity contribution in [3.63, 3.8) is 0 Å². The third-order valence-electron chi connectivity index (χ3n) is 4.49. The molecule has 1 saturated heterocycles. The third kappa shape index (κ3) is 6.48. The molecule has 0 radical (unpaired) electrons. The van der Waals surface area contributed by atoms with E-state index in [0.29, 0.717) is 44.0 Å². The van der Waals surface area contributed by atoms with Crippen molar-refractivity contribution in [2.24, 2.45) is 11.1 Å². The van der Waals surface area contributed by atoms with Crippen LogP contribution in [-0.2, 0) is 16.1 Å². The van der Waals surface area contributed by atoms with Gasteiger partial charge in [-0.3, -0.25) is 4.79 Å². The Balaban J connectivity index is 0.00000364. The quantitative estimate of drug-likeness (QED) is 0.656. The standard InChI is InChI=1S/C18H26F2N2O4.ClH/c1-2-7-25-14-4-3-13(15(10-14)26-17(19)20)11-22-16(23)18(12-21)5-8-24-9-6-18;/h3-4,10,17H,2,5-9,11-12,21H2,1H3,(H,22,23);1H. The van der Waals surface area contributed by atoms with Gasteiger partial charge in [-0.15, -0.1) is 12.4 Å². The largest absolute Gasteiger partial charge is 0.493 e. The highest BCUT2D eigenvalue weighted by Crippen LogP contribution is 2.31. The van der Waals surface area contributed by atoms with Crippen LogP contribution in [0.25, 0.3) is 0 Å². The molecule has 0 aliphatic carbocycles. The molecule has 0 aromatic heterocycles. The lowest BCUT2D eigenvalue weighted by atomic mass is 9.79. The Bertz CT molecular complexity index is 599. The summed E-state index contributed by atoms with van der Waals surface area (Å²) in [4.78, 5) is 12.6. The number of benzene rings is 1. The molecule has 0 atom stereocenters. The fourth-order valence-corrected chi connectivity index (χ4v) is 2.85. The second kappa shape index (κ2) is 11.3. The van der Waals surface area contributed by atoms with Gasteiger partial charge in [0.1, 0.15) is 11.5 Å². The van der Waals surface area contributed by atoms with E-state index in [2.05, 4.69) is 10.1 Å². The molecule has 1 amide bonds. The monoisotopic (exact) mass is 408 g/mol. The number of amides is 1. The molecule has 1 aliphatic heterocycles. The highest BCUT2D eigenvalue weighted by atomic mass is 35.5. The first kappa shape index (κ1) is 23.4. The first-order valence-corrected chi connectivity index (χ1v) is 8.77. The zero-order chi connectivity index (χ0) is 19.0.